The lowest BCUT2D eigenvalue weighted by atomic mass is 9.99. The SMILES string of the molecule is CC(C)CCSCC(=O)NCC(C(=O)O)c1ccccc1. The molecule has 0 fully saturated rings. The van der Waals surface area contributed by atoms with Crippen molar-refractivity contribution in [3.8, 4) is 0 Å². The van der Waals surface area contributed by atoms with Gasteiger partial charge in [0.05, 0.1) is 11.7 Å². The molecule has 1 aromatic carbocycles. The maximum atomic E-state index is 11.7. The van der Waals surface area contributed by atoms with Crippen molar-refractivity contribution in [3.05, 3.63) is 35.9 Å². The molecule has 0 aliphatic rings. The highest BCUT2D eigenvalue weighted by molar-refractivity contribution is 7.99. The molecule has 1 aromatic rings. The summed E-state index contributed by atoms with van der Waals surface area (Å²) in [6, 6.07) is 8.97. The second-order valence-corrected chi connectivity index (χ2v) is 6.45. The van der Waals surface area contributed by atoms with E-state index in [0.717, 1.165) is 12.2 Å². The summed E-state index contributed by atoms with van der Waals surface area (Å²) in [5, 5.41) is 12.0. The number of thioether (sulfide) groups is 1. The molecule has 0 aromatic heterocycles. The number of amides is 1. The number of benzene rings is 1. The second-order valence-electron chi connectivity index (χ2n) is 5.34. The summed E-state index contributed by atoms with van der Waals surface area (Å²) in [4.78, 5) is 23.0. The van der Waals surface area contributed by atoms with Crippen LogP contribution in [0, 0.1) is 5.92 Å². The maximum absolute atomic E-state index is 11.7. The normalized spacial score (nSPS) is 12.1. The van der Waals surface area contributed by atoms with E-state index >= 15 is 0 Å². The van der Waals surface area contributed by atoms with E-state index in [1.54, 1.807) is 36.0 Å². The number of hydrogen-bond donors (Lipinski definition) is 2. The van der Waals surface area contributed by atoms with Crippen LogP contribution < -0.4 is 5.32 Å². The predicted octanol–water partition coefficient (Wildman–Crippen LogP) is 2.75. The van der Waals surface area contributed by atoms with Gasteiger partial charge < -0.3 is 10.4 Å². The van der Waals surface area contributed by atoms with E-state index in [1.807, 2.05) is 6.07 Å². The van der Waals surface area contributed by atoms with Crippen LogP contribution in [0.4, 0.5) is 0 Å². The van der Waals surface area contributed by atoms with Crippen molar-refractivity contribution >= 4 is 23.6 Å². The molecule has 0 radical (unpaired) electrons. The Labute approximate surface area is 130 Å². The van der Waals surface area contributed by atoms with Crippen LogP contribution in [0.15, 0.2) is 30.3 Å². The van der Waals surface area contributed by atoms with Gasteiger partial charge in [0, 0.05) is 6.54 Å². The Morgan fingerprint density at radius 2 is 1.90 bits per heavy atom. The lowest BCUT2D eigenvalue weighted by Gasteiger charge is -2.13. The smallest absolute Gasteiger partial charge is 0.312 e. The van der Waals surface area contributed by atoms with Crippen LogP contribution in [-0.2, 0) is 9.59 Å². The first-order valence-electron chi connectivity index (χ1n) is 7.13. The zero-order chi connectivity index (χ0) is 15.7. The van der Waals surface area contributed by atoms with Crippen molar-refractivity contribution in [2.75, 3.05) is 18.1 Å². The van der Waals surface area contributed by atoms with Gasteiger partial charge in [-0.15, -0.1) is 0 Å². The van der Waals surface area contributed by atoms with Crippen LogP contribution >= 0.6 is 11.8 Å². The van der Waals surface area contributed by atoms with Crippen molar-refractivity contribution in [2.24, 2.45) is 5.92 Å². The van der Waals surface area contributed by atoms with Gasteiger partial charge in [0.25, 0.3) is 0 Å². The maximum Gasteiger partial charge on any atom is 0.312 e. The predicted molar refractivity (Wildman–Crippen MR) is 86.6 cm³/mol. The molecule has 2 N–H and O–H groups in total. The number of carboxylic acid groups (broad SMARTS) is 1. The molecule has 116 valence electrons. The first-order valence-corrected chi connectivity index (χ1v) is 8.28. The number of rotatable bonds is 9. The van der Waals surface area contributed by atoms with E-state index in [4.69, 9.17) is 0 Å². The van der Waals surface area contributed by atoms with Crippen molar-refractivity contribution in [1.82, 2.24) is 5.32 Å². The van der Waals surface area contributed by atoms with Gasteiger partial charge in [-0.05, 0) is 23.7 Å². The topological polar surface area (TPSA) is 66.4 Å². The zero-order valence-corrected chi connectivity index (χ0v) is 13.4. The van der Waals surface area contributed by atoms with Crippen LogP contribution in [0.2, 0.25) is 0 Å². The van der Waals surface area contributed by atoms with E-state index in [2.05, 4.69) is 19.2 Å². The molecule has 1 atom stereocenters. The molecule has 21 heavy (non-hydrogen) atoms. The van der Waals surface area contributed by atoms with E-state index in [0.29, 0.717) is 17.2 Å². The van der Waals surface area contributed by atoms with Crippen molar-refractivity contribution < 1.29 is 14.7 Å². The molecule has 0 saturated carbocycles. The van der Waals surface area contributed by atoms with Crippen LogP contribution in [0.5, 0.6) is 0 Å². The van der Waals surface area contributed by atoms with Gasteiger partial charge in [0.15, 0.2) is 0 Å². The molecular weight excluding hydrogens is 286 g/mol. The Morgan fingerprint density at radius 1 is 1.24 bits per heavy atom. The number of carbonyl (C=O) groups is 2. The Bertz CT molecular complexity index is 448. The molecule has 1 unspecified atom stereocenters. The van der Waals surface area contributed by atoms with Crippen LogP contribution in [0.1, 0.15) is 31.7 Å². The van der Waals surface area contributed by atoms with Gasteiger partial charge >= 0.3 is 5.97 Å². The van der Waals surface area contributed by atoms with Crippen molar-refractivity contribution in [1.29, 1.82) is 0 Å². The summed E-state index contributed by atoms with van der Waals surface area (Å²) in [6.07, 6.45) is 1.08. The summed E-state index contributed by atoms with van der Waals surface area (Å²) in [7, 11) is 0. The summed E-state index contributed by atoms with van der Waals surface area (Å²) in [5.74, 6) is 0.241. The highest BCUT2D eigenvalue weighted by Crippen LogP contribution is 2.15. The largest absolute Gasteiger partial charge is 0.481 e. The third kappa shape index (κ3) is 7.18. The first kappa shape index (κ1) is 17.6. The number of carbonyl (C=O) groups excluding carboxylic acids is 1. The minimum atomic E-state index is -0.922. The standard InChI is InChI=1S/C16H23NO3S/c1-12(2)8-9-21-11-15(18)17-10-14(16(19)20)13-6-4-3-5-7-13/h3-7,12,14H,8-11H2,1-2H3,(H,17,18)(H,19,20). The number of hydrogen-bond acceptors (Lipinski definition) is 3. The summed E-state index contributed by atoms with van der Waals surface area (Å²) < 4.78 is 0. The quantitative estimate of drug-likeness (QED) is 0.688. The third-order valence-electron chi connectivity index (χ3n) is 3.08. The molecule has 1 amide bonds. The molecule has 5 heteroatoms. The van der Waals surface area contributed by atoms with E-state index in [1.165, 1.54) is 0 Å². The number of nitrogens with one attached hydrogen (secondary N) is 1. The molecule has 0 bridgehead atoms. The van der Waals surface area contributed by atoms with E-state index < -0.39 is 11.9 Å². The molecular formula is C16H23NO3S. The van der Waals surface area contributed by atoms with Crippen molar-refractivity contribution in [3.63, 3.8) is 0 Å². The Morgan fingerprint density at radius 3 is 2.48 bits per heavy atom. The lowest BCUT2D eigenvalue weighted by Crippen LogP contribution is -2.32. The second kappa shape index (κ2) is 9.45. The summed E-state index contributed by atoms with van der Waals surface area (Å²) in [5.41, 5.74) is 0.706. The molecule has 0 saturated heterocycles. The zero-order valence-electron chi connectivity index (χ0n) is 12.5. The van der Waals surface area contributed by atoms with Gasteiger partial charge in [0.2, 0.25) is 5.91 Å². The molecule has 0 spiro atoms. The first-order chi connectivity index (χ1) is 10.0. The van der Waals surface area contributed by atoms with Crippen LogP contribution in [-0.4, -0.2) is 35.0 Å². The fraction of sp³-hybridized carbons (Fsp3) is 0.500. The summed E-state index contributed by atoms with van der Waals surface area (Å²) in [6.45, 7) is 4.43. The fourth-order valence-corrected chi connectivity index (χ4v) is 2.85. The van der Waals surface area contributed by atoms with Gasteiger partial charge in [0.1, 0.15) is 0 Å². The highest BCUT2D eigenvalue weighted by Gasteiger charge is 2.20. The van der Waals surface area contributed by atoms with E-state index in [-0.39, 0.29) is 12.5 Å². The molecule has 4 nitrogen and oxygen atoms in total. The molecule has 0 aliphatic carbocycles. The summed E-state index contributed by atoms with van der Waals surface area (Å²) >= 11 is 1.59. The average Bonchev–Trinajstić information content (AvgIpc) is 2.44. The van der Waals surface area contributed by atoms with Crippen LogP contribution in [0.25, 0.3) is 0 Å². The van der Waals surface area contributed by atoms with Gasteiger partial charge in [-0.1, -0.05) is 44.2 Å². The minimum absolute atomic E-state index is 0.106. The molecule has 0 heterocycles. The van der Waals surface area contributed by atoms with Gasteiger partial charge in [-0.2, -0.15) is 11.8 Å². The average molecular weight is 309 g/mol. The molecule has 0 aliphatic heterocycles. The molecule has 1 rings (SSSR count). The lowest BCUT2D eigenvalue weighted by molar-refractivity contribution is -0.138. The van der Waals surface area contributed by atoms with Crippen molar-refractivity contribution in [2.45, 2.75) is 26.2 Å². The minimum Gasteiger partial charge on any atom is -0.481 e. The Kier molecular flexibility index (Phi) is 7.90. The number of carboxylic acids is 1. The Hall–Kier alpha value is -1.49. The van der Waals surface area contributed by atoms with Gasteiger partial charge in [-0.25, -0.2) is 0 Å². The fourth-order valence-electron chi connectivity index (χ4n) is 1.78. The number of aliphatic carboxylic acids is 1. The van der Waals surface area contributed by atoms with Gasteiger partial charge in [-0.3, -0.25) is 9.59 Å². The van der Waals surface area contributed by atoms with E-state index in [9.17, 15) is 14.7 Å². The third-order valence-corrected chi connectivity index (χ3v) is 4.07. The monoisotopic (exact) mass is 309 g/mol. The van der Waals surface area contributed by atoms with Crippen LogP contribution in [0.3, 0.4) is 0 Å². The Balaban J connectivity index is 2.37. The highest BCUT2D eigenvalue weighted by atomic mass is 32.2.